The van der Waals surface area contributed by atoms with Crippen LogP contribution >= 0.6 is 22.9 Å². The number of likely N-dealkylation sites (tertiary alicyclic amines) is 1. The van der Waals surface area contributed by atoms with Crippen molar-refractivity contribution in [2.24, 2.45) is 5.92 Å². The fraction of sp³-hybridized carbons (Fsp3) is 0.517. The number of aliphatic hydroxyl groups excluding tert-OH is 1. The van der Waals surface area contributed by atoms with Gasteiger partial charge >= 0.3 is 0 Å². The molecule has 1 aliphatic carbocycles. The average Bonchev–Trinajstić information content (AvgIpc) is 3.66. The standard InChI is InChI=1S/C28H33ClN6O4S.CH4/c1-34-8-7-21-24(14-34)40-27(33-21)26(38)32-22-11-15(28(39)35-9-6-18(36)13-35)2-4-20(22)31-25(37)23-12-16-10-17(29)3-5-19(16)30-23;/h3,5,10,12,15,18,20,22,30,36H,2,4,6-9,11,13-14H2,1H3,(H,31,37)(H,32,38);1H4/t15-,18+,20-,22+;/m0./s1. The second kappa shape index (κ2) is 12.1. The molecule has 3 aliphatic rings. The summed E-state index contributed by atoms with van der Waals surface area (Å²) in [5.41, 5.74) is 2.18. The summed E-state index contributed by atoms with van der Waals surface area (Å²) in [6.07, 6.45) is 2.43. The number of nitrogens with zero attached hydrogens (tertiary/aromatic N) is 3. The van der Waals surface area contributed by atoms with Gasteiger partial charge in [-0.05, 0) is 57.0 Å². The van der Waals surface area contributed by atoms with Gasteiger partial charge in [-0.15, -0.1) is 11.3 Å². The number of thiazole rings is 1. The van der Waals surface area contributed by atoms with Gasteiger partial charge in [-0.2, -0.15) is 0 Å². The highest BCUT2D eigenvalue weighted by Gasteiger charge is 2.39. The highest BCUT2D eigenvalue weighted by Crippen LogP contribution is 2.30. The van der Waals surface area contributed by atoms with Gasteiger partial charge in [0.25, 0.3) is 11.8 Å². The lowest BCUT2D eigenvalue weighted by Crippen LogP contribution is -2.56. The molecule has 2 fully saturated rings. The van der Waals surface area contributed by atoms with Crippen molar-refractivity contribution < 1.29 is 19.5 Å². The molecule has 220 valence electrons. The number of hydrogen-bond acceptors (Lipinski definition) is 7. The predicted molar refractivity (Wildman–Crippen MR) is 159 cm³/mol. The Morgan fingerprint density at radius 1 is 1.10 bits per heavy atom. The third-order valence-corrected chi connectivity index (χ3v) is 9.57. The van der Waals surface area contributed by atoms with Gasteiger partial charge in [0, 0.05) is 65.4 Å². The smallest absolute Gasteiger partial charge is 0.280 e. The Hall–Kier alpha value is -2.99. The molecule has 10 nitrogen and oxygen atoms in total. The van der Waals surface area contributed by atoms with Crippen molar-refractivity contribution in [2.45, 2.75) is 64.3 Å². The Labute approximate surface area is 248 Å². The Balaban J connectivity index is 0.00000337. The highest BCUT2D eigenvalue weighted by molar-refractivity contribution is 7.13. The number of carbonyl (C=O) groups excluding carboxylic acids is 3. The molecule has 2 aliphatic heterocycles. The van der Waals surface area contributed by atoms with E-state index in [1.807, 2.05) is 6.07 Å². The minimum Gasteiger partial charge on any atom is -0.391 e. The Bertz CT molecular complexity index is 1460. The molecule has 0 unspecified atom stereocenters. The SMILES string of the molecule is C.CN1CCc2nc(C(=O)N[C@@H]3C[C@@H](C(=O)N4CC[C@@H](O)C4)CC[C@@H]3NC(=O)c3cc4cc(Cl)ccc4[nH]3)sc2C1. The lowest BCUT2D eigenvalue weighted by molar-refractivity contribution is -0.136. The normalized spacial score (nSPS) is 24.5. The molecule has 0 radical (unpaired) electrons. The molecule has 2 aromatic heterocycles. The third-order valence-electron chi connectivity index (χ3n) is 8.25. The molecular formula is C29H37ClN6O4S. The monoisotopic (exact) mass is 600 g/mol. The summed E-state index contributed by atoms with van der Waals surface area (Å²) in [4.78, 5) is 52.7. The van der Waals surface area contributed by atoms with Crippen LogP contribution in [0.4, 0.5) is 0 Å². The first-order valence-electron chi connectivity index (χ1n) is 13.8. The van der Waals surface area contributed by atoms with Crippen LogP contribution in [-0.2, 0) is 17.8 Å². The number of β-amino-alcohol motifs (C(OH)–C–C–N with tert-alkyl or cyclic N) is 1. The second-order valence-corrected chi connectivity index (χ2v) is 12.7. The molecule has 0 bridgehead atoms. The van der Waals surface area contributed by atoms with Gasteiger partial charge in [-0.1, -0.05) is 19.0 Å². The first-order chi connectivity index (χ1) is 19.2. The van der Waals surface area contributed by atoms with Crippen molar-refractivity contribution in [2.75, 3.05) is 26.7 Å². The first-order valence-corrected chi connectivity index (χ1v) is 15.0. The van der Waals surface area contributed by atoms with Gasteiger partial charge in [0.2, 0.25) is 5.91 Å². The molecule has 3 aromatic rings. The molecular weight excluding hydrogens is 564 g/mol. The number of H-pyrrole nitrogens is 1. The van der Waals surface area contributed by atoms with Gasteiger partial charge in [0.1, 0.15) is 5.69 Å². The fourth-order valence-corrected chi connectivity index (χ4v) is 7.32. The van der Waals surface area contributed by atoms with Crippen molar-refractivity contribution in [1.29, 1.82) is 0 Å². The van der Waals surface area contributed by atoms with E-state index >= 15 is 0 Å². The number of rotatable bonds is 5. The molecule has 1 saturated carbocycles. The topological polar surface area (TPSA) is 131 Å². The third kappa shape index (κ3) is 6.28. The molecule has 41 heavy (non-hydrogen) atoms. The number of hydrogen-bond donors (Lipinski definition) is 4. The Morgan fingerprint density at radius 3 is 2.68 bits per heavy atom. The van der Waals surface area contributed by atoms with E-state index in [1.165, 1.54) is 11.3 Å². The van der Waals surface area contributed by atoms with Crippen molar-refractivity contribution in [3.63, 3.8) is 0 Å². The van der Waals surface area contributed by atoms with Crippen molar-refractivity contribution >= 4 is 51.6 Å². The summed E-state index contributed by atoms with van der Waals surface area (Å²) in [5, 5.41) is 18.0. The van der Waals surface area contributed by atoms with E-state index in [0.717, 1.165) is 41.0 Å². The van der Waals surface area contributed by atoms with Gasteiger partial charge in [0.15, 0.2) is 5.01 Å². The lowest BCUT2D eigenvalue weighted by atomic mass is 9.81. The van der Waals surface area contributed by atoms with E-state index in [1.54, 1.807) is 23.1 Å². The maximum atomic E-state index is 13.4. The summed E-state index contributed by atoms with van der Waals surface area (Å²) >= 11 is 7.52. The number of nitrogens with one attached hydrogen (secondary N) is 3. The number of likely N-dealkylation sites (N-methyl/N-ethyl adjacent to an activating group) is 1. The van der Waals surface area contributed by atoms with Crippen LogP contribution in [0.1, 0.15) is 64.0 Å². The number of aromatic amines is 1. The van der Waals surface area contributed by atoms with Crippen LogP contribution in [0.5, 0.6) is 0 Å². The van der Waals surface area contributed by atoms with Gasteiger partial charge in [-0.3, -0.25) is 14.4 Å². The molecule has 6 rings (SSSR count). The first kappa shape index (κ1) is 29.5. The van der Waals surface area contributed by atoms with E-state index < -0.39 is 12.1 Å². The van der Waals surface area contributed by atoms with Gasteiger partial charge in [0.05, 0.1) is 17.8 Å². The predicted octanol–water partition coefficient (Wildman–Crippen LogP) is 3.19. The van der Waals surface area contributed by atoms with Crippen molar-refractivity contribution in [1.82, 2.24) is 30.4 Å². The van der Waals surface area contributed by atoms with Crippen LogP contribution in [0, 0.1) is 5.92 Å². The molecule has 4 atom stereocenters. The van der Waals surface area contributed by atoms with E-state index in [0.29, 0.717) is 54.5 Å². The molecule has 0 spiro atoms. The number of aliphatic hydroxyl groups is 1. The lowest BCUT2D eigenvalue weighted by Gasteiger charge is -2.37. The van der Waals surface area contributed by atoms with Crippen LogP contribution in [0.3, 0.4) is 0 Å². The van der Waals surface area contributed by atoms with Crippen LogP contribution in [0.2, 0.25) is 5.02 Å². The molecule has 1 saturated heterocycles. The van der Waals surface area contributed by atoms with Crippen LogP contribution in [-0.4, -0.2) is 87.5 Å². The van der Waals surface area contributed by atoms with Gasteiger partial charge < -0.3 is 30.5 Å². The second-order valence-electron chi connectivity index (χ2n) is 11.2. The largest absolute Gasteiger partial charge is 0.391 e. The van der Waals surface area contributed by atoms with Gasteiger partial charge in [-0.25, -0.2) is 4.98 Å². The van der Waals surface area contributed by atoms with Crippen molar-refractivity contribution in [3.8, 4) is 0 Å². The summed E-state index contributed by atoms with van der Waals surface area (Å²) in [5.74, 6) is -0.856. The quantitative estimate of drug-likeness (QED) is 0.356. The molecule has 4 heterocycles. The number of carbonyl (C=O) groups is 3. The van der Waals surface area contributed by atoms with Crippen molar-refractivity contribution in [3.05, 3.63) is 50.6 Å². The summed E-state index contributed by atoms with van der Waals surface area (Å²) in [6, 6.07) is 6.34. The molecule has 3 amide bonds. The highest BCUT2D eigenvalue weighted by atomic mass is 35.5. The van der Waals surface area contributed by atoms with Crippen LogP contribution in [0.25, 0.3) is 10.9 Å². The van der Waals surface area contributed by atoms with E-state index in [-0.39, 0.29) is 37.1 Å². The fourth-order valence-electron chi connectivity index (χ4n) is 6.05. The molecule has 1 aromatic carbocycles. The number of amides is 3. The number of benzene rings is 1. The van der Waals surface area contributed by atoms with E-state index in [2.05, 4.69) is 32.5 Å². The Morgan fingerprint density at radius 2 is 1.90 bits per heavy atom. The van der Waals surface area contributed by atoms with E-state index in [9.17, 15) is 19.5 Å². The maximum Gasteiger partial charge on any atom is 0.280 e. The summed E-state index contributed by atoms with van der Waals surface area (Å²) < 4.78 is 0. The minimum absolute atomic E-state index is 0. The Kier molecular flexibility index (Phi) is 8.70. The van der Waals surface area contributed by atoms with E-state index in [4.69, 9.17) is 11.6 Å². The number of halogens is 1. The van der Waals surface area contributed by atoms with Crippen LogP contribution in [0.15, 0.2) is 24.3 Å². The number of aromatic nitrogens is 2. The average molecular weight is 601 g/mol. The zero-order valence-corrected chi connectivity index (χ0v) is 23.9. The molecule has 12 heteroatoms. The van der Waals surface area contributed by atoms with Crippen LogP contribution < -0.4 is 10.6 Å². The molecule has 4 N–H and O–H groups in total. The minimum atomic E-state index is -0.490. The summed E-state index contributed by atoms with van der Waals surface area (Å²) in [7, 11) is 2.05. The zero-order valence-electron chi connectivity index (χ0n) is 22.3. The summed E-state index contributed by atoms with van der Waals surface area (Å²) in [6.45, 7) is 2.56. The number of fused-ring (bicyclic) bond motifs is 2. The zero-order chi connectivity index (χ0) is 28.0. The maximum absolute atomic E-state index is 13.4.